The number of rotatable bonds is 6. The number of halogens is 6. The van der Waals surface area contributed by atoms with Gasteiger partial charge in [-0.3, -0.25) is 14.4 Å². The minimum absolute atomic E-state index is 0.0505. The van der Waals surface area contributed by atoms with Crippen LogP contribution in [0.25, 0.3) is 0 Å². The lowest BCUT2D eigenvalue weighted by Gasteiger charge is -2.22. The van der Waals surface area contributed by atoms with Gasteiger partial charge in [0.2, 0.25) is 5.91 Å². The average Bonchev–Trinajstić information content (AvgIpc) is 3.42. The molecular weight excluding hydrogens is 540 g/mol. The number of thiazole rings is 1. The Balaban J connectivity index is 0.000000404. The number of aromatic nitrogens is 3. The molecule has 3 N–H and O–H groups in total. The Labute approximate surface area is 209 Å². The molecule has 0 bridgehead atoms. The zero-order chi connectivity index (χ0) is 28.2. The molecule has 208 valence electrons. The van der Waals surface area contributed by atoms with Crippen LogP contribution in [0.2, 0.25) is 0 Å². The smallest absolute Gasteiger partial charge is 0.475 e. The molecule has 0 radical (unpaired) electrons. The number of fused-ring (bicyclic) bond motifs is 1. The maximum Gasteiger partial charge on any atom is 0.490 e. The van der Waals surface area contributed by atoms with Crippen molar-refractivity contribution in [3.63, 3.8) is 0 Å². The van der Waals surface area contributed by atoms with Crippen molar-refractivity contribution in [2.75, 3.05) is 26.8 Å². The number of hydrogen-bond donors (Lipinski definition) is 3. The third-order valence-electron chi connectivity index (χ3n) is 4.37. The molecule has 0 fully saturated rings. The number of carbonyl (C=O) groups excluding carboxylic acids is 1. The van der Waals surface area contributed by atoms with Gasteiger partial charge in [-0.15, -0.1) is 11.3 Å². The topological polar surface area (TPSA) is 147 Å². The van der Waals surface area contributed by atoms with Crippen molar-refractivity contribution in [1.82, 2.24) is 25.0 Å². The van der Waals surface area contributed by atoms with Gasteiger partial charge in [-0.1, -0.05) is 0 Å². The van der Waals surface area contributed by atoms with E-state index in [-0.39, 0.29) is 11.8 Å². The van der Waals surface area contributed by atoms with Gasteiger partial charge in [-0.25, -0.2) is 14.6 Å². The fourth-order valence-corrected chi connectivity index (χ4v) is 3.42. The highest BCUT2D eigenvalue weighted by atomic mass is 32.1. The molecule has 2 aromatic rings. The second kappa shape index (κ2) is 14.5. The highest BCUT2D eigenvalue weighted by Gasteiger charge is 2.38. The third-order valence-corrected chi connectivity index (χ3v) is 5.13. The Morgan fingerprint density at radius 3 is 2.19 bits per heavy atom. The molecule has 1 aliphatic heterocycles. The van der Waals surface area contributed by atoms with Crippen LogP contribution < -0.4 is 5.32 Å². The van der Waals surface area contributed by atoms with Gasteiger partial charge < -0.3 is 20.3 Å². The summed E-state index contributed by atoms with van der Waals surface area (Å²) in [4.78, 5) is 36.9. The fraction of sp³-hybridized carbons (Fsp3) is 0.526. The van der Waals surface area contributed by atoms with E-state index in [0.29, 0.717) is 26.2 Å². The quantitative estimate of drug-likeness (QED) is 0.355. The highest BCUT2D eigenvalue weighted by molar-refractivity contribution is 7.09. The summed E-state index contributed by atoms with van der Waals surface area (Å²) in [5, 5.41) is 24.6. The molecular formula is C19H23F6N5O6S. The summed E-state index contributed by atoms with van der Waals surface area (Å²) in [6, 6.07) is 2.01. The largest absolute Gasteiger partial charge is 0.490 e. The predicted octanol–water partition coefficient (Wildman–Crippen LogP) is 2.00. The average molecular weight is 563 g/mol. The third kappa shape index (κ3) is 12.0. The van der Waals surface area contributed by atoms with Crippen LogP contribution in [-0.4, -0.2) is 86.9 Å². The van der Waals surface area contributed by atoms with Crippen molar-refractivity contribution in [3.05, 3.63) is 34.5 Å². The molecule has 3 heterocycles. The molecule has 37 heavy (non-hydrogen) atoms. The van der Waals surface area contributed by atoms with E-state index in [9.17, 15) is 31.1 Å². The van der Waals surface area contributed by atoms with Crippen molar-refractivity contribution in [2.24, 2.45) is 5.92 Å². The Bertz CT molecular complexity index is 974. The number of aliphatic carboxylic acids is 2. The van der Waals surface area contributed by atoms with Crippen molar-refractivity contribution >= 4 is 29.2 Å². The van der Waals surface area contributed by atoms with Crippen LogP contribution >= 0.6 is 11.3 Å². The van der Waals surface area contributed by atoms with Gasteiger partial charge >= 0.3 is 24.3 Å². The van der Waals surface area contributed by atoms with Crippen LogP contribution in [0.4, 0.5) is 26.3 Å². The first-order valence-corrected chi connectivity index (χ1v) is 11.0. The van der Waals surface area contributed by atoms with Crippen molar-refractivity contribution in [2.45, 2.75) is 32.0 Å². The van der Waals surface area contributed by atoms with Gasteiger partial charge in [0.1, 0.15) is 5.01 Å². The summed E-state index contributed by atoms with van der Waals surface area (Å²) in [5.41, 5.74) is 1.13. The van der Waals surface area contributed by atoms with Crippen molar-refractivity contribution in [1.29, 1.82) is 0 Å². The Morgan fingerprint density at radius 2 is 1.70 bits per heavy atom. The van der Waals surface area contributed by atoms with Gasteiger partial charge in [0.05, 0.1) is 31.3 Å². The monoisotopic (exact) mass is 563 g/mol. The number of carboxylic acids is 2. The van der Waals surface area contributed by atoms with Crippen LogP contribution in [-0.2, 0) is 38.8 Å². The van der Waals surface area contributed by atoms with E-state index in [4.69, 9.17) is 24.5 Å². The molecule has 0 aromatic carbocycles. The number of methoxy groups -OCH3 is 1. The summed E-state index contributed by atoms with van der Waals surface area (Å²) in [6.45, 7) is 3.89. The lowest BCUT2D eigenvalue weighted by molar-refractivity contribution is -0.193. The molecule has 0 spiro atoms. The molecule has 0 saturated heterocycles. The van der Waals surface area contributed by atoms with E-state index in [1.54, 1.807) is 24.6 Å². The van der Waals surface area contributed by atoms with Gasteiger partial charge in [0, 0.05) is 44.5 Å². The Hall–Kier alpha value is -3.25. The minimum atomic E-state index is -5.08. The summed E-state index contributed by atoms with van der Waals surface area (Å²) in [7, 11) is 1.63. The normalized spacial score (nSPS) is 15.7. The minimum Gasteiger partial charge on any atom is -0.475 e. The summed E-state index contributed by atoms with van der Waals surface area (Å²) < 4.78 is 70.4. The lowest BCUT2D eigenvalue weighted by atomic mass is 10.1. The molecule has 3 rings (SSSR count). The molecule has 18 heteroatoms. The van der Waals surface area contributed by atoms with Gasteiger partial charge in [-0.05, 0) is 6.07 Å². The van der Waals surface area contributed by atoms with E-state index in [1.807, 2.05) is 22.3 Å². The molecule has 1 unspecified atom stereocenters. The number of nitrogens with zero attached hydrogens (tertiary/aromatic N) is 4. The second-order valence-corrected chi connectivity index (χ2v) is 8.17. The van der Waals surface area contributed by atoms with Crippen LogP contribution in [0, 0.1) is 5.92 Å². The van der Waals surface area contributed by atoms with E-state index < -0.39 is 24.3 Å². The first-order chi connectivity index (χ1) is 17.1. The zero-order valence-electron chi connectivity index (χ0n) is 19.1. The maximum atomic E-state index is 12.5. The summed E-state index contributed by atoms with van der Waals surface area (Å²) >= 11 is 1.64. The molecule has 1 atom stereocenters. The second-order valence-electron chi connectivity index (χ2n) is 7.19. The van der Waals surface area contributed by atoms with E-state index in [1.165, 1.54) is 0 Å². The zero-order valence-corrected chi connectivity index (χ0v) is 19.9. The fourth-order valence-electron chi connectivity index (χ4n) is 2.76. The number of carbonyl (C=O) groups is 3. The highest BCUT2D eigenvalue weighted by Crippen LogP contribution is 2.19. The number of amides is 1. The number of nitrogens with one attached hydrogen (secondary N) is 1. The molecule has 0 saturated carbocycles. The summed E-state index contributed by atoms with van der Waals surface area (Å²) in [5.74, 6) is -5.59. The summed E-state index contributed by atoms with van der Waals surface area (Å²) in [6.07, 6.45) is -6.56. The molecule has 0 aliphatic carbocycles. The SMILES string of the molecule is COCCNC(=O)C1CN(Cc2nccs2)Cc2ccnn2C1.O=C(O)C(F)(F)F.O=C(O)C(F)(F)F. The number of ether oxygens (including phenoxy) is 1. The lowest BCUT2D eigenvalue weighted by Crippen LogP contribution is -2.40. The molecule has 11 nitrogen and oxygen atoms in total. The van der Waals surface area contributed by atoms with Crippen molar-refractivity contribution in [3.8, 4) is 0 Å². The Kier molecular flexibility index (Phi) is 12.4. The first kappa shape index (κ1) is 31.8. The standard InChI is InChI=1S/C15H21N5O2S.2C2HF3O2/c1-22-6-4-17-15(21)12-8-19(11-14-16-5-7-23-14)10-13-2-3-18-20(13)9-12;2*3-2(4,5)1(6)7/h2-3,5,7,12H,4,6,8-11H2,1H3,(H,17,21);2*(H,6,7). The van der Waals surface area contributed by atoms with Crippen LogP contribution in [0.5, 0.6) is 0 Å². The number of carboxylic acid groups (broad SMARTS) is 2. The Morgan fingerprint density at radius 1 is 1.11 bits per heavy atom. The van der Waals surface area contributed by atoms with Crippen LogP contribution in [0.3, 0.4) is 0 Å². The van der Waals surface area contributed by atoms with Gasteiger partial charge in [0.15, 0.2) is 0 Å². The van der Waals surface area contributed by atoms with Crippen molar-refractivity contribution < 1.29 is 55.7 Å². The van der Waals surface area contributed by atoms with Crippen LogP contribution in [0.15, 0.2) is 23.8 Å². The number of hydrogen-bond acceptors (Lipinski definition) is 8. The molecule has 2 aromatic heterocycles. The van der Waals surface area contributed by atoms with Crippen LogP contribution in [0.1, 0.15) is 10.7 Å². The van der Waals surface area contributed by atoms with Gasteiger partial charge in [-0.2, -0.15) is 31.4 Å². The van der Waals surface area contributed by atoms with E-state index in [0.717, 1.165) is 23.8 Å². The molecule has 1 amide bonds. The molecule has 1 aliphatic rings. The van der Waals surface area contributed by atoms with Gasteiger partial charge in [0.25, 0.3) is 0 Å². The predicted molar refractivity (Wildman–Crippen MR) is 114 cm³/mol. The maximum absolute atomic E-state index is 12.5. The van der Waals surface area contributed by atoms with E-state index >= 15 is 0 Å². The van der Waals surface area contributed by atoms with E-state index in [2.05, 4.69) is 20.3 Å². The number of alkyl halides is 6. The first-order valence-electron chi connectivity index (χ1n) is 10.1.